The second kappa shape index (κ2) is 11.4. The van der Waals surface area contributed by atoms with Crippen LogP contribution in [0.1, 0.15) is 42.3 Å². The fraction of sp³-hybridized carbons (Fsp3) is 0.375. The zero-order valence-corrected chi connectivity index (χ0v) is 19.1. The molecule has 0 fully saturated rings. The number of nitrogens with one attached hydrogen (secondary N) is 1. The van der Waals surface area contributed by atoms with Crippen molar-refractivity contribution in [2.45, 2.75) is 45.6 Å². The Morgan fingerprint density at radius 2 is 1.79 bits per heavy atom. The largest absolute Gasteiger partial charge is 0.456 e. The first-order chi connectivity index (χ1) is 15.5. The summed E-state index contributed by atoms with van der Waals surface area (Å²) in [5.41, 5.74) is 0.270. The van der Waals surface area contributed by atoms with Crippen LogP contribution in [0.3, 0.4) is 0 Å². The Bertz CT molecular complexity index is 975. The van der Waals surface area contributed by atoms with Crippen molar-refractivity contribution in [3.05, 3.63) is 71.0 Å². The SMILES string of the molecule is CN(Cc1cc(C(=O)OC(C)(C)C)ccc1F)C(=O)[C@H](CO)NC(=O)OCc1ccccc1. The Labute approximate surface area is 192 Å². The summed E-state index contributed by atoms with van der Waals surface area (Å²) in [6.07, 6.45) is -0.877. The first kappa shape index (κ1) is 25.8. The molecule has 2 N–H and O–H groups in total. The number of amides is 2. The minimum atomic E-state index is -1.28. The lowest BCUT2D eigenvalue weighted by molar-refractivity contribution is -0.133. The van der Waals surface area contributed by atoms with Gasteiger partial charge in [-0.1, -0.05) is 30.3 Å². The van der Waals surface area contributed by atoms with Crippen LogP contribution in [0.25, 0.3) is 0 Å². The average Bonchev–Trinajstić information content (AvgIpc) is 2.76. The van der Waals surface area contributed by atoms with Gasteiger partial charge in [0, 0.05) is 19.2 Å². The van der Waals surface area contributed by atoms with Crippen LogP contribution < -0.4 is 5.32 Å². The molecule has 178 valence electrons. The zero-order valence-electron chi connectivity index (χ0n) is 19.1. The van der Waals surface area contributed by atoms with Crippen LogP contribution in [0.4, 0.5) is 9.18 Å². The minimum absolute atomic E-state index is 0.00246. The van der Waals surface area contributed by atoms with E-state index in [1.165, 1.54) is 19.2 Å². The fourth-order valence-electron chi connectivity index (χ4n) is 2.85. The van der Waals surface area contributed by atoms with E-state index in [4.69, 9.17) is 9.47 Å². The molecular weight excluding hydrogens is 431 g/mol. The highest BCUT2D eigenvalue weighted by Crippen LogP contribution is 2.17. The molecule has 0 heterocycles. The van der Waals surface area contributed by atoms with Crippen molar-refractivity contribution in [1.82, 2.24) is 10.2 Å². The molecule has 0 bridgehead atoms. The summed E-state index contributed by atoms with van der Waals surface area (Å²) < 4.78 is 24.7. The van der Waals surface area contributed by atoms with Gasteiger partial charge < -0.3 is 24.8 Å². The predicted molar refractivity (Wildman–Crippen MR) is 119 cm³/mol. The summed E-state index contributed by atoms with van der Waals surface area (Å²) in [7, 11) is 1.39. The third kappa shape index (κ3) is 8.19. The van der Waals surface area contributed by atoms with E-state index in [1.54, 1.807) is 45.0 Å². The van der Waals surface area contributed by atoms with Crippen molar-refractivity contribution in [1.29, 1.82) is 0 Å². The quantitative estimate of drug-likeness (QED) is 0.587. The molecule has 2 rings (SSSR count). The molecule has 2 aromatic rings. The molecule has 0 radical (unpaired) electrons. The number of hydrogen-bond donors (Lipinski definition) is 2. The van der Waals surface area contributed by atoms with Crippen LogP contribution in [0, 0.1) is 5.82 Å². The number of likely N-dealkylation sites (N-methyl/N-ethyl adjacent to an activating group) is 1. The Morgan fingerprint density at radius 1 is 1.12 bits per heavy atom. The number of alkyl carbamates (subject to hydrolysis) is 1. The van der Waals surface area contributed by atoms with Gasteiger partial charge in [0.15, 0.2) is 0 Å². The molecule has 2 amide bonds. The molecule has 1 atom stereocenters. The summed E-state index contributed by atoms with van der Waals surface area (Å²) in [6.45, 7) is 4.28. The van der Waals surface area contributed by atoms with Gasteiger partial charge in [0.25, 0.3) is 0 Å². The minimum Gasteiger partial charge on any atom is -0.456 e. The lowest BCUT2D eigenvalue weighted by atomic mass is 10.1. The van der Waals surface area contributed by atoms with Gasteiger partial charge in [-0.25, -0.2) is 14.0 Å². The smallest absolute Gasteiger partial charge is 0.408 e. The number of carbonyl (C=O) groups is 3. The number of esters is 1. The molecule has 9 heteroatoms. The molecule has 0 aromatic heterocycles. The second-order valence-corrected chi connectivity index (χ2v) is 8.44. The lowest BCUT2D eigenvalue weighted by Crippen LogP contribution is -2.49. The lowest BCUT2D eigenvalue weighted by Gasteiger charge is -2.24. The predicted octanol–water partition coefficient (Wildman–Crippen LogP) is 3.03. The molecular formula is C24H29FN2O6. The molecule has 0 aliphatic heterocycles. The van der Waals surface area contributed by atoms with E-state index in [0.29, 0.717) is 0 Å². The van der Waals surface area contributed by atoms with Gasteiger partial charge in [0.05, 0.1) is 12.2 Å². The Kier molecular flexibility index (Phi) is 8.93. The van der Waals surface area contributed by atoms with Crippen molar-refractivity contribution in [3.63, 3.8) is 0 Å². The van der Waals surface area contributed by atoms with Crippen molar-refractivity contribution in [3.8, 4) is 0 Å². The first-order valence-electron chi connectivity index (χ1n) is 10.3. The number of hydrogen-bond acceptors (Lipinski definition) is 6. The molecule has 0 saturated heterocycles. The second-order valence-electron chi connectivity index (χ2n) is 8.44. The van der Waals surface area contributed by atoms with Gasteiger partial charge >= 0.3 is 12.1 Å². The van der Waals surface area contributed by atoms with Crippen LogP contribution in [0.5, 0.6) is 0 Å². The van der Waals surface area contributed by atoms with Crippen LogP contribution in [0.2, 0.25) is 0 Å². The maximum atomic E-state index is 14.3. The number of carbonyl (C=O) groups excluding carboxylic acids is 3. The summed E-state index contributed by atoms with van der Waals surface area (Å²) in [4.78, 5) is 38.1. The van der Waals surface area contributed by atoms with Crippen molar-refractivity contribution in [2.24, 2.45) is 0 Å². The van der Waals surface area contributed by atoms with Crippen molar-refractivity contribution < 1.29 is 33.4 Å². The summed E-state index contributed by atoms with van der Waals surface area (Å²) in [5, 5.41) is 11.9. The van der Waals surface area contributed by atoms with E-state index < -0.39 is 42.0 Å². The molecule has 33 heavy (non-hydrogen) atoms. The van der Waals surface area contributed by atoms with Gasteiger partial charge in [0.2, 0.25) is 5.91 Å². The van der Waals surface area contributed by atoms with Crippen LogP contribution in [-0.2, 0) is 27.4 Å². The molecule has 0 aliphatic rings. The number of aliphatic hydroxyl groups excluding tert-OH is 1. The number of rotatable bonds is 8. The monoisotopic (exact) mass is 460 g/mol. The Hall–Kier alpha value is -3.46. The van der Waals surface area contributed by atoms with Gasteiger partial charge in [0.1, 0.15) is 24.1 Å². The van der Waals surface area contributed by atoms with E-state index >= 15 is 0 Å². The van der Waals surface area contributed by atoms with Crippen LogP contribution in [-0.4, -0.2) is 53.3 Å². The molecule has 0 spiro atoms. The molecule has 0 unspecified atom stereocenters. The van der Waals surface area contributed by atoms with E-state index in [1.807, 2.05) is 6.07 Å². The van der Waals surface area contributed by atoms with Crippen molar-refractivity contribution >= 4 is 18.0 Å². The molecule has 0 aliphatic carbocycles. The Morgan fingerprint density at radius 3 is 2.39 bits per heavy atom. The normalized spacial score (nSPS) is 11.9. The highest BCUT2D eigenvalue weighted by Gasteiger charge is 2.25. The molecule has 2 aromatic carbocycles. The summed E-state index contributed by atoms with van der Waals surface area (Å²) in [6, 6.07) is 11.4. The molecule has 8 nitrogen and oxygen atoms in total. The third-order valence-corrected chi connectivity index (χ3v) is 4.45. The van der Waals surface area contributed by atoms with Gasteiger partial charge in [-0.15, -0.1) is 0 Å². The summed E-state index contributed by atoms with van der Waals surface area (Å²) >= 11 is 0. The van der Waals surface area contributed by atoms with E-state index in [0.717, 1.165) is 16.5 Å². The van der Waals surface area contributed by atoms with Gasteiger partial charge in [-0.05, 0) is 44.5 Å². The van der Waals surface area contributed by atoms with E-state index in [2.05, 4.69) is 5.32 Å². The van der Waals surface area contributed by atoms with E-state index in [-0.39, 0.29) is 24.3 Å². The standard InChI is InChI=1S/C24H29FN2O6/c1-24(2,3)33-22(30)17-10-11-19(25)18(12-17)13-27(4)21(29)20(14-28)26-23(31)32-15-16-8-6-5-7-9-16/h5-12,20,28H,13-15H2,1-4H3,(H,26,31)/t20-/m0/s1. The third-order valence-electron chi connectivity index (χ3n) is 4.45. The van der Waals surface area contributed by atoms with Crippen LogP contribution in [0.15, 0.2) is 48.5 Å². The maximum absolute atomic E-state index is 14.3. The number of ether oxygens (including phenoxy) is 2. The number of benzene rings is 2. The zero-order chi connectivity index (χ0) is 24.6. The fourth-order valence-corrected chi connectivity index (χ4v) is 2.85. The maximum Gasteiger partial charge on any atom is 0.408 e. The highest BCUT2D eigenvalue weighted by atomic mass is 19.1. The Balaban J connectivity index is 2.00. The number of aliphatic hydroxyl groups is 1. The van der Waals surface area contributed by atoms with Crippen molar-refractivity contribution in [2.75, 3.05) is 13.7 Å². The summed E-state index contributed by atoms with van der Waals surface area (Å²) in [5.74, 6) is -1.89. The number of halogens is 1. The van der Waals surface area contributed by atoms with Gasteiger partial charge in [-0.3, -0.25) is 4.79 Å². The van der Waals surface area contributed by atoms with E-state index in [9.17, 15) is 23.9 Å². The van der Waals surface area contributed by atoms with Crippen LogP contribution >= 0.6 is 0 Å². The molecule has 0 saturated carbocycles. The number of nitrogens with zero attached hydrogens (tertiary/aromatic N) is 1. The topological polar surface area (TPSA) is 105 Å². The average molecular weight is 461 g/mol. The first-order valence-corrected chi connectivity index (χ1v) is 10.3. The highest BCUT2D eigenvalue weighted by molar-refractivity contribution is 5.90. The van der Waals surface area contributed by atoms with Gasteiger partial charge in [-0.2, -0.15) is 0 Å².